The van der Waals surface area contributed by atoms with Crippen LogP contribution in [-0.4, -0.2) is 25.0 Å². The summed E-state index contributed by atoms with van der Waals surface area (Å²) in [7, 11) is 3.07. The summed E-state index contributed by atoms with van der Waals surface area (Å²) in [5.41, 5.74) is -0.122. The quantitative estimate of drug-likeness (QED) is 0.840. The van der Waals surface area contributed by atoms with Gasteiger partial charge in [0, 0.05) is 20.7 Å². The van der Waals surface area contributed by atoms with Crippen molar-refractivity contribution in [2.24, 2.45) is 0 Å². The summed E-state index contributed by atoms with van der Waals surface area (Å²) >= 11 is 0. The summed E-state index contributed by atoms with van der Waals surface area (Å²) in [6, 6.07) is 7.88. The Hall–Kier alpha value is -2.28. The van der Waals surface area contributed by atoms with Crippen LogP contribution in [0.3, 0.4) is 0 Å². The van der Waals surface area contributed by atoms with E-state index < -0.39 is 11.7 Å². The average molecular weight is 327 g/mol. The lowest BCUT2D eigenvalue weighted by Gasteiger charge is -2.16. The Balaban J connectivity index is 2.02. The average Bonchev–Trinajstić information content (AvgIpc) is 2.95. The van der Waals surface area contributed by atoms with E-state index in [9.17, 15) is 18.0 Å². The number of methoxy groups -OCH3 is 1. The molecule has 4 nitrogen and oxygen atoms in total. The van der Waals surface area contributed by atoms with E-state index in [1.807, 2.05) is 0 Å². The Labute approximate surface area is 131 Å². The van der Waals surface area contributed by atoms with Crippen molar-refractivity contribution in [2.75, 3.05) is 14.2 Å². The number of hydrogen-bond donors (Lipinski definition) is 0. The molecule has 0 aliphatic carbocycles. The molecule has 0 saturated carbocycles. The predicted octanol–water partition coefficient (Wildman–Crippen LogP) is 3.72. The van der Waals surface area contributed by atoms with Crippen molar-refractivity contribution >= 4 is 5.91 Å². The molecule has 0 saturated heterocycles. The molecule has 124 valence electrons. The molecule has 7 heteroatoms. The molecule has 0 unspecified atom stereocenters. The molecule has 0 atom stereocenters. The van der Waals surface area contributed by atoms with Crippen LogP contribution in [0.2, 0.25) is 0 Å². The summed E-state index contributed by atoms with van der Waals surface area (Å²) in [6.07, 6.45) is -4.37. The van der Waals surface area contributed by atoms with Gasteiger partial charge in [-0.1, -0.05) is 12.1 Å². The molecule has 0 spiro atoms. The first-order valence-corrected chi connectivity index (χ1v) is 6.80. The first-order valence-electron chi connectivity index (χ1n) is 6.80. The molecule has 2 aromatic rings. The van der Waals surface area contributed by atoms with Crippen molar-refractivity contribution < 1.29 is 27.1 Å². The number of carbonyl (C=O) groups excluding carboxylic acids is 1. The molecule has 23 heavy (non-hydrogen) atoms. The van der Waals surface area contributed by atoms with E-state index in [0.717, 1.165) is 12.1 Å². The van der Waals surface area contributed by atoms with E-state index in [1.165, 1.54) is 24.1 Å². The van der Waals surface area contributed by atoms with Crippen LogP contribution in [0.4, 0.5) is 13.2 Å². The van der Waals surface area contributed by atoms with Crippen molar-refractivity contribution in [1.82, 2.24) is 4.90 Å². The smallest absolute Gasteiger partial charge is 0.416 e. The molecule has 1 aromatic heterocycles. The van der Waals surface area contributed by atoms with E-state index in [4.69, 9.17) is 9.15 Å². The van der Waals surface area contributed by atoms with Crippen LogP contribution >= 0.6 is 0 Å². The molecule has 2 rings (SSSR count). The van der Waals surface area contributed by atoms with Crippen LogP contribution < -0.4 is 0 Å². The monoisotopic (exact) mass is 327 g/mol. The van der Waals surface area contributed by atoms with Crippen molar-refractivity contribution in [2.45, 2.75) is 19.3 Å². The molecule has 0 radical (unpaired) electrons. The lowest BCUT2D eigenvalue weighted by Crippen LogP contribution is -2.25. The van der Waals surface area contributed by atoms with Crippen LogP contribution in [0.1, 0.15) is 27.4 Å². The van der Waals surface area contributed by atoms with Crippen molar-refractivity contribution in [3.8, 4) is 0 Å². The van der Waals surface area contributed by atoms with Gasteiger partial charge in [-0.05, 0) is 29.8 Å². The number of hydrogen-bond acceptors (Lipinski definition) is 3. The molecular weight excluding hydrogens is 311 g/mol. The van der Waals surface area contributed by atoms with Gasteiger partial charge < -0.3 is 14.1 Å². The number of amides is 1. The third-order valence-corrected chi connectivity index (χ3v) is 3.21. The third kappa shape index (κ3) is 4.35. The number of ether oxygens (including phenoxy) is 1. The highest BCUT2D eigenvalue weighted by Crippen LogP contribution is 2.29. The molecule has 1 aromatic carbocycles. The standard InChI is InChI=1S/C16H16F3NO3/c1-20(15(21)14-8-7-13(23-14)10-22-2)9-11-3-5-12(6-4-11)16(17,18)19/h3-8H,9-10H2,1-2H3. The molecule has 0 fully saturated rings. The number of rotatable bonds is 5. The lowest BCUT2D eigenvalue weighted by atomic mass is 10.1. The Morgan fingerprint density at radius 3 is 2.39 bits per heavy atom. The summed E-state index contributed by atoms with van der Waals surface area (Å²) in [5, 5.41) is 0. The highest BCUT2D eigenvalue weighted by atomic mass is 19.4. The topological polar surface area (TPSA) is 42.7 Å². The van der Waals surface area contributed by atoms with Crippen LogP contribution in [0.5, 0.6) is 0 Å². The maximum absolute atomic E-state index is 12.5. The van der Waals surface area contributed by atoms with Gasteiger partial charge in [0.25, 0.3) is 5.91 Å². The Morgan fingerprint density at radius 1 is 1.17 bits per heavy atom. The van der Waals surface area contributed by atoms with Gasteiger partial charge in [-0.3, -0.25) is 4.79 Å². The Kier molecular flexibility index (Phi) is 5.10. The number of alkyl halides is 3. The fourth-order valence-electron chi connectivity index (χ4n) is 2.05. The summed E-state index contributed by atoms with van der Waals surface area (Å²) in [6.45, 7) is 0.438. The van der Waals surface area contributed by atoms with Crippen molar-refractivity contribution in [1.29, 1.82) is 0 Å². The highest BCUT2D eigenvalue weighted by molar-refractivity contribution is 5.91. The molecule has 0 bridgehead atoms. The third-order valence-electron chi connectivity index (χ3n) is 3.21. The predicted molar refractivity (Wildman–Crippen MR) is 76.7 cm³/mol. The zero-order valence-electron chi connectivity index (χ0n) is 12.7. The normalized spacial score (nSPS) is 11.5. The van der Waals surface area contributed by atoms with E-state index >= 15 is 0 Å². The zero-order valence-corrected chi connectivity index (χ0v) is 12.7. The Bertz CT molecular complexity index is 662. The largest absolute Gasteiger partial charge is 0.453 e. The van der Waals surface area contributed by atoms with Crippen LogP contribution in [-0.2, 0) is 24.1 Å². The first kappa shape index (κ1) is 17.1. The minimum Gasteiger partial charge on any atom is -0.453 e. The number of nitrogens with zero attached hydrogens (tertiary/aromatic N) is 1. The fraction of sp³-hybridized carbons (Fsp3) is 0.312. The maximum atomic E-state index is 12.5. The molecule has 1 amide bonds. The molecule has 0 aliphatic rings. The van der Waals surface area contributed by atoms with Crippen molar-refractivity contribution in [3.05, 3.63) is 59.0 Å². The second-order valence-corrected chi connectivity index (χ2v) is 5.05. The Morgan fingerprint density at radius 2 is 1.83 bits per heavy atom. The highest BCUT2D eigenvalue weighted by Gasteiger charge is 2.30. The summed E-state index contributed by atoms with van der Waals surface area (Å²) in [4.78, 5) is 13.6. The van der Waals surface area contributed by atoms with E-state index in [0.29, 0.717) is 11.3 Å². The number of furan rings is 1. The van der Waals surface area contributed by atoms with Gasteiger partial charge in [0.2, 0.25) is 0 Å². The van der Waals surface area contributed by atoms with E-state index in [2.05, 4.69) is 0 Å². The zero-order chi connectivity index (χ0) is 17.0. The maximum Gasteiger partial charge on any atom is 0.416 e. The first-order chi connectivity index (χ1) is 10.8. The van der Waals surface area contributed by atoms with E-state index in [1.54, 1.807) is 19.2 Å². The van der Waals surface area contributed by atoms with Gasteiger partial charge in [-0.15, -0.1) is 0 Å². The molecule has 0 aliphatic heterocycles. The van der Waals surface area contributed by atoms with Gasteiger partial charge in [0.1, 0.15) is 12.4 Å². The lowest BCUT2D eigenvalue weighted by molar-refractivity contribution is -0.137. The van der Waals surface area contributed by atoms with Crippen LogP contribution in [0, 0.1) is 0 Å². The second kappa shape index (κ2) is 6.87. The molecule has 1 heterocycles. The minimum absolute atomic E-state index is 0.159. The summed E-state index contributed by atoms with van der Waals surface area (Å²) in [5.74, 6) is 0.331. The van der Waals surface area contributed by atoms with Gasteiger partial charge in [0.05, 0.1) is 5.56 Å². The number of carbonyl (C=O) groups is 1. The fourth-order valence-corrected chi connectivity index (χ4v) is 2.05. The molecular formula is C16H16F3NO3. The van der Waals surface area contributed by atoms with E-state index in [-0.39, 0.29) is 24.8 Å². The second-order valence-electron chi connectivity index (χ2n) is 5.05. The summed E-state index contributed by atoms with van der Waals surface area (Å²) < 4.78 is 47.8. The van der Waals surface area contributed by atoms with Crippen LogP contribution in [0.25, 0.3) is 0 Å². The van der Waals surface area contributed by atoms with Gasteiger partial charge in [0.15, 0.2) is 5.76 Å². The van der Waals surface area contributed by atoms with Gasteiger partial charge in [-0.2, -0.15) is 13.2 Å². The number of benzene rings is 1. The SMILES string of the molecule is COCc1ccc(C(=O)N(C)Cc2ccc(C(F)(F)F)cc2)o1. The van der Waals surface area contributed by atoms with Gasteiger partial charge in [-0.25, -0.2) is 0 Å². The van der Waals surface area contributed by atoms with Crippen molar-refractivity contribution in [3.63, 3.8) is 0 Å². The number of halogens is 3. The molecule has 0 N–H and O–H groups in total. The minimum atomic E-state index is -4.37. The van der Waals surface area contributed by atoms with Gasteiger partial charge >= 0.3 is 6.18 Å². The van der Waals surface area contributed by atoms with Crippen LogP contribution in [0.15, 0.2) is 40.8 Å².